The van der Waals surface area contributed by atoms with E-state index in [0.29, 0.717) is 5.76 Å². The Balaban J connectivity index is 2.32. The Morgan fingerprint density at radius 2 is 2.40 bits per heavy atom. The number of furan rings is 1. The monoisotopic (exact) mass is 221 g/mol. The highest BCUT2D eigenvalue weighted by Gasteiger charge is 2.36. The Morgan fingerprint density at radius 1 is 1.60 bits per heavy atom. The highest BCUT2D eigenvalue weighted by Crippen LogP contribution is 2.24. The van der Waals surface area contributed by atoms with E-state index in [-0.39, 0.29) is 5.11 Å². The number of hydrogen-bond acceptors (Lipinski definition) is 4. The first kappa shape index (κ1) is 9.68. The molecule has 1 amide bonds. The molecular weight excluding hydrogens is 214 g/mol. The average molecular weight is 221 g/mol. The summed E-state index contributed by atoms with van der Waals surface area (Å²) in [6.45, 7) is 0. The summed E-state index contributed by atoms with van der Waals surface area (Å²) < 4.78 is 5.15. The first-order chi connectivity index (χ1) is 7.22. The number of rotatable bonds is 1. The maximum atomic E-state index is 11.4. The van der Waals surface area contributed by atoms with Crippen molar-refractivity contribution in [2.75, 3.05) is 0 Å². The number of nitrogens with zero attached hydrogens (tertiary/aromatic N) is 1. The van der Waals surface area contributed by atoms with Crippen molar-refractivity contribution in [3.63, 3.8) is 0 Å². The fourth-order valence-corrected chi connectivity index (χ4v) is 1.67. The van der Waals surface area contributed by atoms with Gasteiger partial charge in [0.2, 0.25) is 5.91 Å². The van der Waals surface area contributed by atoms with Gasteiger partial charge in [0.25, 0.3) is 0 Å². The fourth-order valence-electron chi connectivity index (χ4n) is 1.44. The van der Waals surface area contributed by atoms with E-state index < -0.39 is 17.9 Å². The molecule has 2 heterocycles. The third-order valence-electron chi connectivity index (χ3n) is 2.13. The van der Waals surface area contributed by atoms with Crippen molar-refractivity contribution in [2.45, 2.75) is 6.04 Å². The number of carbonyl (C=O) groups excluding carboxylic acids is 1. The van der Waals surface area contributed by atoms with Crippen LogP contribution in [0, 0.1) is 17.2 Å². The normalized spacial score (nSPS) is 25.3. The number of thiocarbonyl (C=S) groups is 1. The lowest BCUT2D eigenvalue weighted by Gasteiger charge is -2.27. The van der Waals surface area contributed by atoms with E-state index in [4.69, 9.17) is 21.9 Å². The molecule has 1 aliphatic heterocycles. The van der Waals surface area contributed by atoms with E-state index in [2.05, 4.69) is 10.6 Å². The summed E-state index contributed by atoms with van der Waals surface area (Å²) >= 11 is 4.84. The van der Waals surface area contributed by atoms with Crippen LogP contribution in [0.4, 0.5) is 0 Å². The Kier molecular flexibility index (Phi) is 2.39. The molecule has 1 aliphatic rings. The van der Waals surface area contributed by atoms with Gasteiger partial charge in [0.1, 0.15) is 11.8 Å². The molecule has 1 aromatic heterocycles. The minimum absolute atomic E-state index is 0.216. The van der Waals surface area contributed by atoms with Crippen LogP contribution in [0.2, 0.25) is 0 Å². The molecular formula is C9H7N3O2S. The van der Waals surface area contributed by atoms with Crippen molar-refractivity contribution in [2.24, 2.45) is 5.92 Å². The summed E-state index contributed by atoms with van der Waals surface area (Å²) in [6, 6.07) is 4.80. The van der Waals surface area contributed by atoms with Gasteiger partial charge in [0.05, 0.1) is 12.3 Å². The van der Waals surface area contributed by atoms with Crippen molar-refractivity contribution in [1.29, 1.82) is 5.26 Å². The third kappa shape index (κ3) is 1.69. The molecule has 0 aliphatic carbocycles. The molecule has 0 bridgehead atoms. The van der Waals surface area contributed by atoms with Gasteiger partial charge in [0, 0.05) is 0 Å². The fraction of sp³-hybridized carbons (Fsp3) is 0.222. The summed E-state index contributed by atoms with van der Waals surface area (Å²) in [5.41, 5.74) is 0. The highest BCUT2D eigenvalue weighted by atomic mass is 32.1. The van der Waals surface area contributed by atoms with E-state index in [1.807, 2.05) is 6.07 Å². The lowest BCUT2D eigenvalue weighted by atomic mass is 9.97. The van der Waals surface area contributed by atoms with Gasteiger partial charge >= 0.3 is 0 Å². The van der Waals surface area contributed by atoms with Gasteiger partial charge in [-0.25, -0.2) is 0 Å². The molecule has 1 saturated heterocycles. The number of amides is 1. The van der Waals surface area contributed by atoms with Crippen LogP contribution < -0.4 is 10.6 Å². The molecule has 1 aromatic rings. The van der Waals surface area contributed by atoms with Crippen molar-refractivity contribution in [1.82, 2.24) is 10.6 Å². The topological polar surface area (TPSA) is 78.1 Å². The predicted molar refractivity (Wildman–Crippen MR) is 54.4 cm³/mol. The van der Waals surface area contributed by atoms with Gasteiger partial charge in [-0.05, 0) is 24.4 Å². The van der Waals surface area contributed by atoms with Gasteiger partial charge in [0.15, 0.2) is 11.0 Å². The maximum absolute atomic E-state index is 11.4. The molecule has 0 radical (unpaired) electrons. The van der Waals surface area contributed by atoms with Crippen LogP contribution in [0.15, 0.2) is 22.8 Å². The molecule has 2 N–H and O–H groups in total. The van der Waals surface area contributed by atoms with Crippen LogP contribution in [0.1, 0.15) is 11.8 Å². The number of nitrogens with one attached hydrogen (secondary N) is 2. The SMILES string of the molecule is N#C[C@H]1C(=O)NC(=S)N[C@@H]1c1ccco1. The first-order valence-corrected chi connectivity index (χ1v) is 4.67. The van der Waals surface area contributed by atoms with Crippen LogP contribution in [0.3, 0.4) is 0 Å². The van der Waals surface area contributed by atoms with Crippen LogP contribution in [-0.4, -0.2) is 11.0 Å². The Morgan fingerprint density at radius 3 is 3.00 bits per heavy atom. The summed E-state index contributed by atoms with van der Waals surface area (Å²) in [5.74, 6) is -0.704. The Bertz CT molecular complexity index is 435. The molecule has 5 nitrogen and oxygen atoms in total. The van der Waals surface area contributed by atoms with E-state index in [0.717, 1.165) is 0 Å². The summed E-state index contributed by atoms with van der Waals surface area (Å²) in [7, 11) is 0. The van der Waals surface area contributed by atoms with Gasteiger partial charge in [-0.15, -0.1) is 0 Å². The molecule has 0 aromatic carbocycles. The van der Waals surface area contributed by atoms with E-state index in [1.54, 1.807) is 12.1 Å². The van der Waals surface area contributed by atoms with Crippen molar-refractivity contribution in [3.8, 4) is 6.07 Å². The molecule has 76 valence electrons. The second kappa shape index (κ2) is 3.71. The summed E-state index contributed by atoms with van der Waals surface area (Å²) in [5, 5.41) is 14.3. The number of nitriles is 1. The van der Waals surface area contributed by atoms with Crippen LogP contribution in [-0.2, 0) is 4.79 Å². The first-order valence-electron chi connectivity index (χ1n) is 4.27. The van der Waals surface area contributed by atoms with Crippen molar-refractivity contribution in [3.05, 3.63) is 24.2 Å². The zero-order valence-corrected chi connectivity index (χ0v) is 8.38. The van der Waals surface area contributed by atoms with E-state index in [9.17, 15) is 4.79 Å². The van der Waals surface area contributed by atoms with Crippen LogP contribution in [0.5, 0.6) is 0 Å². The van der Waals surface area contributed by atoms with Crippen LogP contribution in [0.25, 0.3) is 0 Å². The predicted octanol–water partition coefficient (Wildman–Crippen LogP) is 0.465. The molecule has 15 heavy (non-hydrogen) atoms. The third-order valence-corrected chi connectivity index (χ3v) is 2.35. The molecule has 0 saturated carbocycles. The second-order valence-electron chi connectivity index (χ2n) is 3.06. The molecule has 2 atom stereocenters. The standard InChI is InChI=1S/C9H7N3O2S/c10-4-5-7(6-2-1-3-14-6)11-9(15)12-8(5)13/h1-3,5,7H,(H2,11,12,13,15)/t5-,7+/m1/s1. The van der Waals surface area contributed by atoms with Gasteiger partial charge in [-0.3, -0.25) is 4.79 Å². The smallest absolute Gasteiger partial charge is 0.246 e. The maximum Gasteiger partial charge on any atom is 0.246 e. The lowest BCUT2D eigenvalue weighted by molar-refractivity contribution is -0.123. The van der Waals surface area contributed by atoms with Crippen molar-refractivity contribution >= 4 is 23.2 Å². The molecule has 0 unspecified atom stereocenters. The number of hydrogen-bond donors (Lipinski definition) is 2. The van der Waals surface area contributed by atoms with Gasteiger partial charge in [-0.1, -0.05) is 0 Å². The minimum atomic E-state index is -0.831. The van der Waals surface area contributed by atoms with Crippen molar-refractivity contribution < 1.29 is 9.21 Å². The largest absolute Gasteiger partial charge is 0.467 e. The summed E-state index contributed by atoms with van der Waals surface area (Å²) in [4.78, 5) is 11.4. The Labute approximate surface area is 91.1 Å². The highest BCUT2D eigenvalue weighted by molar-refractivity contribution is 7.80. The van der Waals surface area contributed by atoms with Crippen LogP contribution >= 0.6 is 12.2 Å². The zero-order chi connectivity index (χ0) is 10.8. The van der Waals surface area contributed by atoms with Gasteiger partial charge < -0.3 is 15.1 Å². The zero-order valence-electron chi connectivity index (χ0n) is 7.56. The molecule has 6 heteroatoms. The molecule has 1 fully saturated rings. The summed E-state index contributed by atoms with van der Waals surface area (Å²) in [6.07, 6.45) is 1.49. The Hall–Kier alpha value is -1.87. The second-order valence-corrected chi connectivity index (χ2v) is 3.47. The average Bonchev–Trinajstić information content (AvgIpc) is 2.69. The minimum Gasteiger partial charge on any atom is -0.467 e. The van der Waals surface area contributed by atoms with Gasteiger partial charge in [-0.2, -0.15) is 5.26 Å². The molecule has 0 spiro atoms. The quantitative estimate of drug-likeness (QED) is 0.674. The molecule has 2 rings (SSSR count). The van der Waals surface area contributed by atoms with E-state index in [1.165, 1.54) is 6.26 Å². The van der Waals surface area contributed by atoms with E-state index >= 15 is 0 Å². The number of carbonyl (C=O) groups is 1. The lowest BCUT2D eigenvalue weighted by Crippen LogP contribution is -2.53.